The smallest absolute Gasteiger partial charge is 0.0991 e. The van der Waals surface area contributed by atoms with Gasteiger partial charge in [-0.2, -0.15) is 0 Å². The number of rotatable bonds is 4. The normalized spacial score (nSPS) is 15.1. The molecule has 17 heavy (non-hydrogen) atoms. The van der Waals surface area contributed by atoms with E-state index >= 15 is 0 Å². The Balaban J connectivity index is 1.89. The first-order chi connectivity index (χ1) is 8.33. The number of nitrogens with one attached hydrogen (secondary N) is 1. The van der Waals surface area contributed by atoms with Gasteiger partial charge in [-0.3, -0.25) is 0 Å². The van der Waals surface area contributed by atoms with Gasteiger partial charge in [-0.25, -0.2) is 4.98 Å². The molecule has 1 aromatic heterocycles. The zero-order valence-corrected chi connectivity index (χ0v) is 11.0. The molecule has 1 heterocycles. The summed E-state index contributed by atoms with van der Waals surface area (Å²) in [4.78, 5) is 4.10. The maximum Gasteiger partial charge on any atom is 0.0991 e. The van der Waals surface area contributed by atoms with Gasteiger partial charge in [0.05, 0.1) is 12.0 Å². The van der Waals surface area contributed by atoms with Gasteiger partial charge >= 0.3 is 0 Å². The first-order valence-corrected chi connectivity index (χ1v) is 6.62. The van der Waals surface area contributed by atoms with Crippen LogP contribution in [0.4, 0.5) is 0 Å². The average molecular weight is 292 g/mol. The van der Waals surface area contributed by atoms with Gasteiger partial charge in [0, 0.05) is 29.5 Å². The van der Waals surface area contributed by atoms with Gasteiger partial charge in [0.1, 0.15) is 0 Å². The quantitative estimate of drug-likeness (QED) is 0.939. The first-order valence-electron chi connectivity index (χ1n) is 5.83. The molecule has 1 aromatic carbocycles. The van der Waals surface area contributed by atoms with Crippen LogP contribution in [0.25, 0.3) is 5.69 Å². The molecule has 1 N–H and O–H groups in total. The van der Waals surface area contributed by atoms with E-state index in [1.54, 1.807) is 6.20 Å². The maximum atomic E-state index is 4.10. The molecule has 2 aromatic rings. The summed E-state index contributed by atoms with van der Waals surface area (Å²) in [5.41, 5.74) is 2.49. The second-order valence-corrected chi connectivity index (χ2v) is 5.31. The SMILES string of the molecule is Brc1ccc(-n2ccnc2)c(CNC2CC2)c1. The molecule has 1 fully saturated rings. The molecule has 0 bridgehead atoms. The summed E-state index contributed by atoms with van der Waals surface area (Å²) >= 11 is 3.53. The second-order valence-electron chi connectivity index (χ2n) is 4.40. The van der Waals surface area contributed by atoms with Crippen LogP contribution in [0.1, 0.15) is 18.4 Å². The molecular formula is C13H14BrN3. The van der Waals surface area contributed by atoms with Crippen molar-refractivity contribution >= 4 is 15.9 Å². The van der Waals surface area contributed by atoms with Crippen molar-refractivity contribution in [2.24, 2.45) is 0 Å². The van der Waals surface area contributed by atoms with E-state index < -0.39 is 0 Å². The fraction of sp³-hybridized carbons (Fsp3) is 0.308. The highest BCUT2D eigenvalue weighted by Gasteiger charge is 2.20. The zero-order chi connectivity index (χ0) is 11.7. The van der Waals surface area contributed by atoms with Crippen LogP contribution in [-0.4, -0.2) is 15.6 Å². The number of imidazole rings is 1. The van der Waals surface area contributed by atoms with Crippen molar-refractivity contribution < 1.29 is 0 Å². The lowest BCUT2D eigenvalue weighted by molar-refractivity contribution is 0.684. The number of hydrogen-bond acceptors (Lipinski definition) is 2. The Labute approximate surface area is 109 Å². The Hall–Kier alpha value is -1.13. The van der Waals surface area contributed by atoms with Crippen molar-refractivity contribution in [3.05, 3.63) is 47.0 Å². The van der Waals surface area contributed by atoms with Crippen molar-refractivity contribution in [3.8, 4) is 5.69 Å². The van der Waals surface area contributed by atoms with E-state index in [0.717, 1.165) is 17.1 Å². The van der Waals surface area contributed by atoms with Crippen LogP contribution in [0.2, 0.25) is 0 Å². The van der Waals surface area contributed by atoms with Gasteiger partial charge in [0.15, 0.2) is 0 Å². The molecule has 0 amide bonds. The Morgan fingerprint density at radius 2 is 2.29 bits per heavy atom. The molecule has 3 rings (SSSR count). The number of nitrogens with zero attached hydrogens (tertiary/aromatic N) is 2. The van der Waals surface area contributed by atoms with Gasteiger partial charge in [-0.05, 0) is 36.6 Å². The van der Waals surface area contributed by atoms with Gasteiger partial charge < -0.3 is 9.88 Å². The molecule has 1 aliphatic rings. The highest BCUT2D eigenvalue weighted by molar-refractivity contribution is 9.10. The molecule has 0 radical (unpaired) electrons. The Morgan fingerprint density at radius 1 is 1.41 bits per heavy atom. The molecule has 0 aliphatic heterocycles. The Bertz CT molecular complexity index is 503. The van der Waals surface area contributed by atoms with E-state index in [0.29, 0.717) is 0 Å². The Kier molecular flexibility index (Phi) is 2.99. The van der Waals surface area contributed by atoms with Gasteiger partial charge in [0.2, 0.25) is 0 Å². The summed E-state index contributed by atoms with van der Waals surface area (Å²) in [6.07, 6.45) is 8.25. The minimum Gasteiger partial charge on any atom is -0.310 e. The summed E-state index contributed by atoms with van der Waals surface area (Å²) in [6.45, 7) is 0.914. The molecule has 0 spiro atoms. The van der Waals surface area contributed by atoms with Crippen LogP contribution < -0.4 is 5.32 Å². The summed E-state index contributed by atoms with van der Waals surface area (Å²) in [6, 6.07) is 7.08. The maximum absolute atomic E-state index is 4.10. The Morgan fingerprint density at radius 3 is 3.00 bits per heavy atom. The number of hydrogen-bond donors (Lipinski definition) is 1. The lowest BCUT2D eigenvalue weighted by Crippen LogP contribution is -2.16. The number of aromatic nitrogens is 2. The van der Waals surface area contributed by atoms with E-state index in [1.807, 2.05) is 12.5 Å². The number of benzene rings is 1. The minimum atomic E-state index is 0.726. The molecule has 88 valence electrons. The van der Waals surface area contributed by atoms with Crippen molar-refractivity contribution in [1.82, 2.24) is 14.9 Å². The van der Waals surface area contributed by atoms with E-state index in [2.05, 4.69) is 49.0 Å². The first kappa shape index (κ1) is 11.0. The average Bonchev–Trinajstić information content (AvgIpc) is 3.00. The van der Waals surface area contributed by atoms with Crippen molar-refractivity contribution in [1.29, 1.82) is 0 Å². The number of halogens is 1. The van der Waals surface area contributed by atoms with E-state index in [1.165, 1.54) is 24.1 Å². The van der Waals surface area contributed by atoms with Crippen LogP contribution in [0.3, 0.4) is 0 Å². The van der Waals surface area contributed by atoms with Crippen LogP contribution in [-0.2, 0) is 6.54 Å². The highest BCUT2D eigenvalue weighted by atomic mass is 79.9. The van der Waals surface area contributed by atoms with E-state index in [-0.39, 0.29) is 0 Å². The van der Waals surface area contributed by atoms with Crippen LogP contribution in [0.15, 0.2) is 41.4 Å². The molecular weight excluding hydrogens is 278 g/mol. The van der Waals surface area contributed by atoms with Crippen molar-refractivity contribution in [3.63, 3.8) is 0 Å². The molecule has 0 saturated heterocycles. The van der Waals surface area contributed by atoms with Gasteiger partial charge in [-0.1, -0.05) is 15.9 Å². The highest BCUT2D eigenvalue weighted by Crippen LogP contribution is 2.23. The third-order valence-corrected chi connectivity index (χ3v) is 3.48. The molecule has 3 nitrogen and oxygen atoms in total. The fourth-order valence-corrected chi connectivity index (χ4v) is 2.30. The predicted molar refractivity (Wildman–Crippen MR) is 71.1 cm³/mol. The largest absolute Gasteiger partial charge is 0.310 e. The monoisotopic (exact) mass is 291 g/mol. The molecule has 0 unspecified atom stereocenters. The summed E-state index contributed by atoms with van der Waals surface area (Å²) in [7, 11) is 0. The fourth-order valence-electron chi connectivity index (χ4n) is 1.89. The summed E-state index contributed by atoms with van der Waals surface area (Å²) in [5.74, 6) is 0. The lowest BCUT2D eigenvalue weighted by Gasteiger charge is -2.11. The van der Waals surface area contributed by atoms with Gasteiger partial charge in [-0.15, -0.1) is 0 Å². The molecule has 1 aliphatic carbocycles. The topological polar surface area (TPSA) is 29.9 Å². The summed E-state index contributed by atoms with van der Waals surface area (Å²) < 4.78 is 3.17. The minimum absolute atomic E-state index is 0.726. The predicted octanol–water partition coefficient (Wildman–Crippen LogP) is 2.89. The molecule has 4 heteroatoms. The van der Waals surface area contributed by atoms with Crippen molar-refractivity contribution in [2.45, 2.75) is 25.4 Å². The van der Waals surface area contributed by atoms with Crippen molar-refractivity contribution in [2.75, 3.05) is 0 Å². The molecule has 1 saturated carbocycles. The second kappa shape index (κ2) is 4.63. The third-order valence-electron chi connectivity index (χ3n) is 2.98. The molecule has 0 atom stereocenters. The summed E-state index contributed by atoms with van der Waals surface area (Å²) in [5, 5.41) is 3.55. The standard InChI is InChI=1S/C13H14BrN3/c14-11-1-4-13(17-6-5-15-9-17)10(7-11)8-16-12-2-3-12/h1,4-7,9,12,16H,2-3,8H2. The van der Waals surface area contributed by atoms with Crippen LogP contribution >= 0.6 is 15.9 Å². The lowest BCUT2D eigenvalue weighted by atomic mass is 10.1. The van der Waals surface area contributed by atoms with Crippen LogP contribution in [0.5, 0.6) is 0 Å². The van der Waals surface area contributed by atoms with Crippen LogP contribution in [0, 0.1) is 0 Å². The van der Waals surface area contributed by atoms with E-state index in [9.17, 15) is 0 Å². The zero-order valence-electron chi connectivity index (χ0n) is 9.44. The van der Waals surface area contributed by atoms with E-state index in [4.69, 9.17) is 0 Å². The van der Waals surface area contributed by atoms with Gasteiger partial charge in [0.25, 0.3) is 0 Å². The third kappa shape index (κ3) is 2.58.